The lowest BCUT2D eigenvalue weighted by atomic mass is 10.2. The van der Waals surface area contributed by atoms with Gasteiger partial charge in [0.1, 0.15) is 5.76 Å². The summed E-state index contributed by atoms with van der Waals surface area (Å²) in [6.07, 6.45) is 8.75. The van der Waals surface area contributed by atoms with Crippen molar-refractivity contribution in [2.75, 3.05) is 0 Å². The van der Waals surface area contributed by atoms with Gasteiger partial charge in [-0.2, -0.15) is 5.10 Å². The van der Waals surface area contributed by atoms with E-state index in [-0.39, 0.29) is 17.0 Å². The van der Waals surface area contributed by atoms with Crippen molar-refractivity contribution in [2.24, 2.45) is 10.2 Å². The molecule has 2 heterocycles. The minimum absolute atomic E-state index is 0. The van der Waals surface area contributed by atoms with Crippen molar-refractivity contribution in [3.63, 3.8) is 0 Å². The highest BCUT2D eigenvalue weighted by Crippen LogP contribution is 2.22. The zero-order valence-electron chi connectivity index (χ0n) is 13.8. The normalized spacial score (nSPS) is 12.0. The van der Waals surface area contributed by atoms with Crippen molar-refractivity contribution in [3.8, 4) is 11.3 Å². The highest BCUT2D eigenvalue weighted by Gasteiger charge is 2.06. The highest BCUT2D eigenvalue weighted by atomic mass is 79.9. The minimum Gasteiger partial charge on any atom is -0.465 e. The lowest BCUT2D eigenvalue weighted by Gasteiger charge is -2.06. The van der Waals surface area contributed by atoms with E-state index < -0.39 is 0 Å². The van der Waals surface area contributed by atoms with Crippen LogP contribution in [0.25, 0.3) is 17.3 Å². The quantitative estimate of drug-likeness (QED) is 0.237. The summed E-state index contributed by atoms with van der Waals surface area (Å²) in [6, 6.07) is 11.9. The molecule has 26 heavy (non-hydrogen) atoms. The Balaban J connectivity index is 0.00000243. The van der Waals surface area contributed by atoms with Crippen LogP contribution in [0, 0.1) is 0 Å². The van der Waals surface area contributed by atoms with Crippen molar-refractivity contribution in [1.29, 1.82) is 0 Å². The van der Waals surface area contributed by atoms with Crippen LogP contribution in [-0.4, -0.2) is 10.8 Å². The lowest BCUT2D eigenvalue weighted by Crippen LogP contribution is -2.14. The Bertz CT molecular complexity index is 952. The Hall–Kier alpha value is -1.96. The summed E-state index contributed by atoms with van der Waals surface area (Å²) in [5, 5.41) is 10.5. The molecule has 0 aliphatic carbocycles. The molecular formula is C19H17Br2N3OS. The van der Waals surface area contributed by atoms with Gasteiger partial charge in [-0.05, 0) is 42.0 Å². The molecule has 0 amide bonds. The van der Waals surface area contributed by atoms with Crippen LogP contribution in [0.5, 0.6) is 0 Å². The van der Waals surface area contributed by atoms with Gasteiger partial charge in [0.2, 0.25) is 4.80 Å². The number of halogens is 2. The predicted octanol–water partition coefficient (Wildman–Crippen LogP) is 5.94. The van der Waals surface area contributed by atoms with Crippen LogP contribution in [0.15, 0.2) is 85.9 Å². The van der Waals surface area contributed by atoms with E-state index in [1.165, 1.54) is 0 Å². The molecule has 2 aromatic heterocycles. The van der Waals surface area contributed by atoms with Crippen LogP contribution < -0.4 is 4.80 Å². The summed E-state index contributed by atoms with van der Waals surface area (Å²) >= 11 is 5.02. The molecule has 4 nitrogen and oxygen atoms in total. The first-order chi connectivity index (χ1) is 12.3. The molecule has 0 saturated carbocycles. The molecule has 0 spiro atoms. The number of furan rings is 1. The molecule has 0 atom stereocenters. The van der Waals surface area contributed by atoms with Gasteiger partial charge in [0, 0.05) is 22.6 Å². The Morgan fingerprint density at radius 3 is 2.73 bits per heavy atom. The molecule has 0 bridgehead atoms. The highest BCUT2D eigenvalue weighted by molar-refractivity contribution is 9.10. The zero-order valence-corrected chi connectivity index (χ0v) is 17.9. The van der Waals surface area contributed by atoms with Crippen molar-refractivity contribution in [1.82, 2.24) is 4.57 Å². The van der Waals surface area contributed by atoms with E-state index in [4.69, 9.17) is 4.42 Å². The summed E-state index contributed by atoms with van der Waals surface area (Å²) in [4.78, 5) is 0.820. The third-order valence-corrected chi connectivity index (χ3v) is 4.73. The second-order valence-electron chi connectivity index (χ2n) is 5.05. The number of hydrogen-bond donors (Lipinski definition) is 0. The molecule has 0 N–H and O–H groups in total. The third kappa shape index (κ3) is 5.27. The molecule has 0 aliphatic rings. The van der Waals surface area contributed by atoms with E-state index in [0.29, 0.717) is 6.54 Å². The smallest absolute Gasteiger partial charge is 0.211 e. The fourth-order valence-electron chi connectivity index (χ4n) is 2.21. The van der Waals surface area contributed by atoms with Gasteiger partial charge in [0.15, 0.2) is 0 Å². The Morgan fingerprint density at radius 1 is 1.23 bits per heavy atom. The number of benzene rings is 1. The van der Waals surface area contributed by atoms with Gasteiger partial charge in [-0.15, -0.1) is 40.0 Å². The lowest BCUT2D eigenvalue weighted by molar-refractivity contribution is 0.557. The van der Waals surface area contributed by atoms with Gasteiger partial charge >= 0.3 is 0 Å². The monoisotopic (exact) mass is 493 g/mol. The van der Waals surface area contributed by atoms with Crippen molar-refractivity contribution >= 4 is 56.5 Å². The average Bonchev–Trinajstić information content (AvgIpc) is 3.26. The number of aromatic nitrogens is 1. The van der Waals surface area contributed by atoms with Crippen LogP contribution in [0.3, 0.4) is 0 Å². The van der Waals surface area contributed by atoms with E-state index >= 15 is 0 Å². The summed E-state index contributed by atoms with van der Waals surface area (Å²) in [5.41, 5.74) is 2.22. The number of thiazole rings is 1. The third-order valence-electron chi connectivity index (χ3n) is 3.35. The molecule has 0 saturated heterocycles. The van der Waals surface area contributed by atoms with Gasteiger partial charge in [-0.3, -0.25) is 0 Å². The largest absolute Gasteiger partial charge is 0.465 e. The Kier molecular flexibility index (Phi) is 8.03. The van der Waals surface area contributed by atoms with E-state index in [0.717, 1.165) is 26.3 Å². The fourth-order valence-corrected chi connectivity index (χ4v) is 3.35. The molecule has 3 rings (SSSR count). The first-order valence-corrected chi connectivity index (χ1v) is 9.27. The van der Waals surface area contributed by atoms with E-state index in [2.05, 4.69) is 54.8 Å². The van der Waals surface area contributed by atoms with Gasteiger partial charge in [0.25, 0.3) is 0 Å². The van der Waals surface area contributed by atoms with Gasteiger partial charge in [-0.25, -0.2) is 0 Å². The van der Waals surface area contributed by atoms with Crippen LogP contribution in [0.4, 0.5) is 0 Å². The van der Waals surface area contributed by atoms with Crippen molar-refractivity contribution in [2.45, 2.75) is 6.54 Å². The van der Waals surface area contributed by atoms with Crippen LogP contribution in [-0.2, 0) is 6.54 Å². The second kappa shape index (κ2) is 10.3. The number of allylic oxidation sites excluding steroid dienone is 2. The summed E-state index contributed by atoms with van der Waals surface area (Å²) in [5.74, 6) is 0.779. The average molecular weight is 495 g/mol. The summed E-state index contributed by atoms with van der Waals surface area (Å²) < 4.78 is 8.36. The standard InChI is InChI=1S/C19H16BrN3OS.BrH/c1-2-12-23-18(15-7-9-16(20)10-8-15)14-25-19(23)22-21-11-3-5-17-6-4-13-24-17;/h2-11,13-14H,1,12H2;1H/b5-3+,21-11+,22-19-;. The molecule has 7 heteroatoms. The fraction of sp³-hybridized carbons (Fsp3) is 0.0526. The SMILES string of the molecule is Br.C=CCn1c(-c2ccc(Br)cc2)cs\c1=N/N=C/C=C/c1ccco1. The molecule has 0 fully saturated rings. The summed E-state index contributed by atoms with van der Waals surface area (Å²) in [7, 11) is 0. The molecule has 0 aliphatic heterocycles. The zero-order chi connectivity index (χ0) is 17.5. The van der Waals surface area contributed by atoms with Gasteiger partial charge < -0.3 is 8.98 Å². The molecule has 1 aromatic carbocycles. The Labute approximate surface area is 174 Å². The predicted molar refractivity (Wildman–Crippen MR) is 118 cm³/mol. The van der Waals surface area contributed by atoms with Gasteiger partial charge in [-0.1, -0.05) is 34.1 Å². The van der Waals surface area contributed by atoms with Crippen LogP contribution in [0.1, 0.15) is 5.76 Å². The first kappa shape index (κ1) is 20.4. The maximum Gasteiger partial charge on any atom is 0.211 e. The molecule has 134 valence electrons. The number of nitrogens with zero attached hydrogens (tertiary/aromatic N) is 3. The molecule has 0 unspecified atom stereocenters. The number of hydrogen-bond acceptors (Lipinski definition) is 4. The Morgan fingerprint density at radius 2 is 2.04 bits per heavy atom. The maximum atomic E-state index is 5.21. The van der Waals surface area contributed by atoms with Crippen molar-refractivity contribution in [3.05, 3.63) is 81.8 Å². The number of rotatable bonds is 6. The minimum atomic E-state index is 0. The molecule has 0 radical (unpaired) electrons. The topological polar surface area (TPSA) is 42.8 Å². The van der Waals surface area contributed by atoms with E-state index in [1.54, 1.807) is 29.9 Å². The molecular weight excluding hydrogens is 478 g/mol. The van der Waals surface area contributed by atoms with E-state index in [1.807, 2.05) is 36.4 Å². The van der Waals surface area contributed by atoms with Crippen molar-refractivity contribution < 1.29 is 4.42 Å². The van der Waals surface area contributed by atoms with Crippen LogP contribution in [0.2, 0.25) is 0 Å². The van der Waals surface area contributed by atoms with Gasteiger partial charge in [0.05, 0.1) is 12.0 Å². The maximum absolute atomic E-state index is 5.21. The first-order valence-electron chi connectivity index (χ1n) is 7.60. The second-order valence-corrected chi connectivity index (χ2v) is 6.80. The van der Waals surface area contributed by atoms with Crippen LogP contribution >= 0.6 is 44.2 Å². The molecule has 3 aromatic rings. The summed E-state index contributed by atoms with van der Waals surface area (Å²) in [6.45, 7) is 4.51. The van der Waals surface area contributed by atoms with E-state index in [9.17, 15) is 0 Å².